The van der Waals surface area contributed by atoms with Crippen LogP contribution in [-0.4, -0.2) is 48.2 Å². The molecule has 1 atom stereocenters. The number of nitrogens with one attached hydrogen (secondary N) is 2. The third-order valence-corrected chi connectivity index (χ3v) is 5.26. The van der Waals surface area contributed by atoms with Crippen LogP contribution in [0.2, 0.25) is 0 Å². The third-order valence-electron chi connectivity index (χ3n) is 5.26. The Kier molecular flexibility index (Phi) is 6.01. The first kappa shape index (κ1) is 18.7. The van der Waals surface area contributed by atoms with Crippen LogP contribution < -0.4 is 15.5 Å². The minimum atomic E-state index is -0.222. The zero-order valence-electron chi connectivity index (χ0n) is 16.1. The van der Waals surface area contributed by atoms with E-state index in [-0.39, 0.29) is 12.0 Å². The Labute approximate surface area is 165 Å². The van der Waals surface area contributed by atoms with Gasteiger partial charge in [-0.05, 0) is 56.4 Å². The summed E-state index contributed by atoms with van der Waals surface area (Å²) < 4.78 is 5.51. The van der Waals surface area contributed by atoms with Crippen LogP contribution in [0.25, 0.3) is 0 Å². The molecule has 2 saturated heterocycles. The quantitative estimate of drug-likeness (QED) is 0.800. The van der Waals surface area contributed by atoms with Crippen molar-refractivity contribution in [1.82, 2.24) is 15.3 Å². The normalized spacial score (nSPS) is 19.4. The van der Waals surface area contributed by atoms with E-state index >= 15 is 0 Å². The summed E-state index contributed by atoms with van der Waals surface area (Å²) in [6, 6.07) is 8.36. The molecule has 0 radical (unpaired) electrons. The Bertz CT molecular complexity index is 766. The second-order valence-electron chi connectivity index (χ2n) is 7.35. The molecule has 2 aromatic rings. The number of aromatic nitrogens is 2. The van der Waals surface area contributed by atoms with Gasteiger partial charge in [0.15, 0.2) is 0 Å². The van der Waals surface area contributed by atoms with Crippen molar-refractivity contribution in [3.8, 4) is 0 Å². The first-order valence-electron chi connectivity index (χ1n) is 10.1. The molecule has 3 heterocycles. The van der Waals surface area contributed by atoms with Crippen LogP contribution in [0.3, 0.4) is 0 Å². The van der Waals surface area contributed by atoms with Gasteiger partial charge in [0, 0.05) is 37.6 Å². The van der Waals surface area contributed by atoms with Gasteiger partial charge in [0.1, 0.15) is 11.5 Å². The number of nitrogens with zero attached hydrogens (tertiary/aromatic N) is 3. The molecule has 2 N–H and O–H groups in total. The summed E-state index contributed by atoms with van der Waals surface area (Å²) in [5.74, 6) is 0.391. The maximum absolute atomic E-state index is 12.2. The Hall–Kier alpha value is -2.67. The van der Waals surface area contributed by atoms with Crippen molar-refractivity contribution in [2.45, 2.75) is 38.2 Å². The largest absolute Gasteiger partial charge is 0.376 e. The maximum Gasteiger partial charge on any atom is 0.271 e. The predicted molar refractivity (Wildman–Crippen MR) is 109 cm³/mol. The van der Waals surface area contributed by atoms with Gasteiger partial charge in [-0.2, -0.15) is 0 Å². The summed E-state index contributed by atoms with van der Waals surface area (Å²) in [5, 5.41) is 6.09. The first-order chi connectivity index (χ1) is 13.8. The zero-order chi connectivity index (χ0) is 19.2. The fourth-order valence-corrected chi connectivity index (χ4v) is 3.67. The molecule has 1 aromatic heterocycles. The molecule has 1 unspecified atom stereocenters. The molecule has 0 aliphatic carbocycles. The minimum absolute atomic E-state index is 0.116. The smallest absolute Gasteiger partial charge is 0.271 e. The van der Waals surface area contributed by atoms with E-state index in [0.29, 0.717) is 18.1 Å². The second kappa shape index (κ2) is 9.01. The number of ether oxygens (including phenoxy) is 1. The summed E-state index contributed by atoms with van der Waals surface area (Å²) >= 11 is 0. The van der Waals surface area contributed by atoms with Crippen molar-refractivity contribution >= 4 is 23.1 Å². The van der Waals surface area contributed by atoms with E-state index in [1.807, 2.05) is 12.1 Å². The summed E-state index contributed by atoms with van der Waals surface area (Å²) in [6.45, 7) is 3.56. The number of piperidine rings is 1. The molecule has 2 aliphatic heterocycles. The van der Waals surface area contributed by atoms with Crippen molar-refractivity contribution in [2.24, 2.45) is 0 Å². The zero-order valence-corrected chi connectivity index (χ0v) is 16.1. The number of carbonyl (C=O) groups excluding carboxylic acids is 1. The number of hydrogen-bond acceptors (Lipinski definition) is 6. The fourth-order valence-electron chi connectivity index (χ4n) is 3.67. The lowest BCUT2D eigenvalue weighted by Crippen LogP contribution is -2.32. The average Bonchev–Trinajstić information content (AvgIpc) is 3.27. The van der Waals surface area contributed by atoms with Crippen molar-refractivity contribution in [2.75, 3.05) is 36.5 Å². The molecule has 1 amide bonds. The number of carbonyl (C=O) groups is 1. The highest BCUT2D eigenvalue weighted by atomic mass is 16.5. The van der Waals surface area contributed by atoms with Crippen molar-refractivity contribution < 1.29 is 9.53 Å². The van der Waals surface area contributed by atoms with Crippen molar-refractivity contribution in [3.05, 3.63) is 42.4 Å². The molecule has 7 heteroatoms. The molecule has 2 fully saturated rings. The van der Waals surface area contributed by atoms with Crippen LogP contribution >= 0.6 is 0 Å². The Morgan fingerprint density at radius 2 is 1.89 bits per heavy atom. The van der Waals surface area contributed by atoms with Gasteiger partial charge in [-0.1, -0.05) is 0 Å². The van der Waals surface area contributed by atoms with Gasteiger partial charge < -0.3 is 20.3 Å². The lowest BCUT2D eigenvalue weighted by Gasteiger charge is -2.28. The van der Waals surface area contributed by atoms with E-state index in [1.54, 1.807) is 6.20 Å². The summed E-state index contributed by atoms with van der Waals surface area (Å²) in [4.78, 5) is 23.1. The lowest BCUT2D eigenvalue weighted by atomic mass is 10.1. The van der Waals surface area contributed by atoms with Crippen LogP contribution in [0.4, 0.5) is 17.2 Å². The Morgan fingerprint density at radius 3 is 2.57 bits per heavy atom. The van der Waals surface area contributed by atoms with Gasteiger partial charge in [0.05, 0.1) is 18.5 Å². The topological polar surface area (TPSA) is 79.4 Å². The molecule has 7 nitrogen and oxygen atoms in total. The Morgan fingerprint density at radius 1 is 1.07 bits per heavy atom. The lowest BCUT2D eigenvalue weighted by molar-refractivity contribution is 0.0853. The number of hydrogen-bond donors (Lipinski definition) is 2. The maximum atomic E-state index is 12.2. The third kappa shape index (κ3) is 4.78. The molecule has 1 aromatic carbocycles. The van der Waals surface area contributed by atoms with E-state index in [4.69, 9.17) is 4.74 Å². The van der Waals surface area contributed by atoms with E-state index in [1.165, 1.54) is 31.1 Å². The highest BCUT2D eigenvalue weighted by Gasteiger charge is 2.17. The Balaban J connectivity index is 1.30. The highest BCUT2D eigenvalue weighted by molar-refractivity contribution is 5.92. The van der Waals surface area contributed by atoms with E-state index < -0.39 is 0 Å². The van der Waals surface area contributed by atoms with Crippen LogP contribution in [0, 0.1) is 0 Å². The van der Waals surface area contributed by atoms with Gasteiger partial charge in [0.2, 0.25) is 0 Å². The monoisotopic (exact) mass is 381 g/mol. The molecule has 0 saturated carbocycles. The number of benzene rings is 1. The highest BCUT2D eigenvalue weighted by Crippen LogP contribution is 2.23. The number of amides is 1. The van der Waals surface area contributed by atoms with Gasteiger partial charge in [-0.3, -0.25) is 4.79 Å². The van der Waals surface area contributed by atoms with Gasteiger partial charge >= 0.3 is 0 Å². The number of anilines is 3. The second-order valence-corrected chi connectivity index (χ2v) is 7.35. The van der Waals surface area contributed by atoms with Gasteiger partial charge in [0.25, 0.3) is 5.91 Å². The first-order valence-corrected chi connectivity index (χ1v) is 10.1. The molecule has 28 heavy (non-hydrogen) atoms. The van der Waals surface area contributed by atoms with Gasteiger partial charge in [-0.25, -0.2) is 9.97 Å². The standard InChI is InChI=1S/C21H27N5O2/c27-21(24-13-18-5-4-12-28-18)19-14-23-20(15-22-19)25-16-6-8-17(9-7-16)26-10-2-1-3-11-26/h6-9,14-15,18H,1-5,10-13H2,(H,23,25)(H,24,27). The summed E-state index contributed by atoms with van der Waals surface area (Å²) in [5.41, 5.74) is 2.52. The van der Waals surface area contributed by atoms with E-state index in [0.717, 1.165) is 38.2 Å². The van der Waals surface area contributed by atoms with Crippen LogP contribution in [0.15, 0.2) is 36.7 Å². The molecule has 148 valence electrons. The summed E-state index contributed by atoms with van der Waals surface area (Å²) in [6.07, 6.45) is 9.11. The molecule has 2 aliphatic rings. The molecular formula is C21H27N5O2. The molecular weight excluding hydrogens is 354 g/mol. The van der Waals surface area contributed by atoms with Crippen LogP contribution in [0.1, 0.15) is 42.6 Å². The molecule has 4 rings (SSSR count). The SMILES string of the molecule is O=C(NCC1CCCO1)c1cnc(Nc2ccc(N3CCCCC3)cc2)cn1. The van der Waals surface area contributed by atoms with Crippen LogP contribution in [0.5, 0.6) is 0 Å². The summed E-state index contributed by atoms with van der Waals surface area (Å²) in [7, 11) is 0. The van der Waals surface area contributed by atoms with E-state index in [2.05, 4.69) is 37.6 Å². The van der Waals surface area contributed by atoms with E-state index in [9.17, 15) is 4.79 Å². The van der Waals surface area contributed by atoms with Gasteiger partial charge in [-0.15, -0.1) is 0 Å². The fraction of sp³-hybridized carbons (Fsp3) is 0.476. The van der Waals surface area contributed by atoms with Crippen molar-refractivity contribution in [3.63, 3.8) is 0 Å². The average molecular weight is 381 g/mol. The predicted octanol–water partition coefficient (Wildman–Crippen LogP) is 3.12. The van der Waals surface area contributed by atoms with Crippen LogP contribution in [-0.2, 0) is 4.74 Å². The van der Waals surface area contributed by atoms with Crippen molar-refractivity contribution in [1.29, 1.82) is 0 Å². The molecule has 0 bridgehead atoms. The molecule has 0 spiro atoms. The number of rotatable bonds is 6. The minimum Gasteiger partial charge on any atom is -0.376 e.